The number of nitrogens with one attached hydrogen (secondary N) is 2. The predicted octanol–water partition coefficient (Wildman–Crippen LogP) is 4.96. The Kier molecular flexibility index (Phi) is 6.64. The Balaban J connectivity index is 1.84. The number of benzene rings is 3. The van der Waals surface area contributed by atoms with Crippen LogP contribution in [-0.2, 0) is 16.4 Å². The molecule has 3 rings (SSSR count). The maximum Gasteiger partial charge on any atom is 0.261 e. The third kappa shape index (κ3) is 4.93. The van der Waals surface area contributed by atoms with Crippen LogP contribution in [0.15, 0.2) is 71.6 Å². The number of rotatable bonds is 7. The van der Waals surface area contributed by atoms with Crippen molar-refractivity contribution in [2.75, 3.05) is 17.1 Å². The van der Waals surface area contributed by atoms with Gasteiger partial charge in [0, 0.05) is 11.4 Å². The van der Waals surface area contributed by atoms with Gasteiger partial charge in [0.2, 0.25) is 0 Å². The number of ether oxygens (including phenoxy) is 1. The van der Waals surface area contributed by atoms with E-state index in [9.17, 15) is 13.2 Å². The zero-order valence-corrected chi connectivity index (χ0v) is 18.0. The summed E-state index contributed by atoms with van der Waals surface area (Å²) >= 11 is 6.20. The number of hydrogen-bond donors (Lipinski definition) is 2. The normalized spacial score (nSPS) is 11.0. The second-order valence-electron chi connectivity index (χ2n) is 6.44. The molecule has 3 aromatic rings. The number of aryl methyl sites for hydroxylation is 1. The molecule has 0 aliphatic rings. The Morgan fingerprint density at radius 3 is 2.40 bits per heavy atom. The van der Waals surface area contributed by atoms with E-state index in [1.807, 2.05) is 25.1 Å². The van der Waals surface area contributed by atoms with Gasteiger partial charge < -0.3 is 10.1 Å². The summed E-state index contributed by atoms with van der Waals surface area (Å²) in [6.07, 6.45) is 0.756. The molecule has 0 bridgehead atoms. The summed E-state index contributed by atoms with van der Waals surface area (Å²) in [5.41, 5.74) is 2.06. The molecule has 0 spiro atoms. The molecule has 0 unspecified atom stereocenters. The molecule has 8 heteroatoms. The SMILES string of the molecule is CCc1ccccc1NC(=O)c1cc(NS(=O)(=O)c2ccc(OC)cc2)ccc1Cl. The molecule has 156 valence electrons. The summed E-state index contributed by atoms with van der Waals surface area (Å²) in [7, 11) is -2.34. The van der Waals surface area contributed by atoms with Gasteiger partial charge in [-0.3, -0.25) is 9.52 Å². The van der Waals surface area contributed by atoms with Crippen molar-refractivity contribution in [1.82, 2.24) is 0 Å². The van der Waals surface area contributed by atoms with E-state index in [-0.39, 0.29) is 21.2 Å². The minimum absolute atomic E-state index is 0.0705. The molecular formula is C22H21ClN2O4S. The van der Waals surface area contributed by atoms with Crippen LogP contribution in [0.1, 0.15) is 22.8 Å². The van der Waals surface area contributed by atoms with Crippen LogP contribution in [-0.4, -0.2) is 21.4 Å². The molecular weight excluding hydrogens is 424 g/mol. The fourth-order valence-corrected chi connectivity index (χ4v) is 4.12. The van der Waals surface area contributed by atoms with Crippen LogP contribution in [0.4, 0.5) is 11.4 Å². The fourth-order valence-electron chi connectivity index (χ4n) is 2.87. The monoisotopic (exact) mass is 444 g/mol. The summed E-state index contributed by atoms with van der Waals surface area (Å²) in [6.45, 7) is 1.99. The van der Waals surface area contributed by atoms with Crippen LogP contribution >= 0.6 is 11.6 Å². The molecule has 0 aromatic heterocycles. The molecule has 0 saturated carbocycles. The van der Waals surface area contributed by atoms with Gasteiger partial charge in [0.05, 0.1) is 22.6 Å². The van der Waals surface area contributed by atoms with Gasteiger partial charge in [0.25, 0.3) is 15.9 Å². The second kappa shape index (κ2) is 9.19. The lowest BCUT2D eigenvalue weighted by atomic mass is 10.1. The summed E-state index contributed by atoms with van der Waals surface area (Å²) in [5.74, 6) is 0.123. The summed E-state index contributed by atoms with van der Waals surface area (Å²) in [6, 6.07) is 17.8. The first kappa shape index (κ1) is 21.7. The lowest BCUT2D eigenvalue weighted by molar-refractivity contribution is 0.102. The van der Waals surface area contributed by atoms with Gasteiger partial charge >= 0.3 is 0 Å². The minimum Gasteiger partial charge on any atom is -0.497 e. The molecule has 0 atom stereocenters. The molecule has 0 aliphatic carbocycles. The number of anilines is 2. The van der Waals surface area contributed by atoms with Crippen molar-refractivity contribution in [1.29, 1.82) is 0 Å². The zero-order chi connectivity index (χ0) is 21.7. The Bertz CT molecular complexity index is 1160. The van der Waals surface area contributed by atoms with Gasteiger partial charge in [0.15, 0.2) is 0 Å². The van der Waals surface area contributed by atoms with Crippen molar-refractivity contribution in [3.63, 3.8) is 0 Å². The zero-order valence-electron chi connectivity index (χ0n) is 16.5. The van der Waals surface area contributed by atoms with E-state index in [4.69, 9.17) is 16.3 Å². The third-order valence-electron chi connectivity index (χ3n) is 4.48. The number of amides is 1. The van der Waals surface area contributed by atoms with Crippen LogP contribution in [0, 0.1) is 0 Å². The third-order valence-corrected chi connectivity index (χ3v) is 6.21. The largest absolute Gasteiger partial charge is 0.497 e. The van der Waals surface area contributed by atoms with E-state index < -0.39 is 15.9 Å². The summed E-state index contributed by atoms with van der Waals surface area (Å²) in [5, 5.41) is 3.06. The van der Waals surface area contributed by atoms with Crippen LogP contribution in [0.2, 0.25) is 5.02 Å². The van der Waals surface area contributed by atoms with E-state index in [1.54, 1.807) is 18.2 Å². The van der Waals surface area contributed by atoms with Gasteiger partial charge in [-0.2, -0.15) is 0 Å². The maximum atomic E-state index is 12.8. The number of methoxy groups -OCH3 is 1. The number of hydrogen-bond acceptors (Lipinski definition) is 4. The first-order valence-electron chi connectivity index (χ1n) is 9.19. The van der Waals surface area contributed by atoms with Gasteiger partial charge in [-0.25, -0.2) is 8.42 Å². The van der Waals surface area contributed by atoms with E-state index in [2.05, 4.69) is 10.0 Å². The molecule has 3 aromatic carbocycles. The van der Waals surface area contributed by atoms with E-state index in [0.29, 0.717) is 11.4 Å². The topological polar surface area (TPSA) is 84.5 Å². The van der Waals surface area contributed by atoms with Crippen molar-refractivity contribution in [2.24, 2.45) is 0 Å². The molecule has 1 amide bonds. The number of carbonyl (C=O) groups is 1. The molecule has 0 radical (unpaired) electrons. The number of sulfonamides is 1. The van der Waals surface area contributed by atoms with Gasteiger partial charge in [0.1, 0.15) is 5.75 Å². The molecule has 0 fully saturated rings. The highest BCUT2D eigenvalue weighted by atomic mass is 35.5. The Morgan fingerprint density at radius 1 is 1.03 bits per heavy atom. The predicted molar refractivity (Wildman–Crippen MR) is 119 cm³/mol. The van der Waals surface area contributed by atoms with Crippen LogP contribution < -0.4 is 14.8 Å². The first-order chi connectivity index (χ1) is 14.3. The van der Waals surface area contributed by atoms with Crippen molar-refractivity contribution >= 4 is 38.9 Å². The number of halogens is 1. The standard InChI is InChI=1S/C22H21ClN2O4S/c1-3-15-6-4-5-7-21(15)24-22(26)19-14-16(8-13-20(19)23)25-30(27,28)18-11-9-17(29-2)10-12-18/h4-14,25H,3H2,1-2H3,(H,24,26). The van der Waals surface area contributed by atoms with Crippen LogP contribution in [0.5, 0.6) is 5.75 Å². The highest BCUT2D eigenvalue weighted by Gasteiger charge is 2.17. The Hall–Kier alpha value is -3.03. The van der Waals surface area contributed by atoms with E-state index >= 15 is 0 Å². The smallest absolute Gasteiger partial charge is 0.261 e. The summed E-state index contributed by atoms with van der Waals surface area (Å²) in [4.78, 5) is 12.8. The highest BCUT2D eigenvalue weighted by Crippen LogP contribution is 2.25. The Morgan fingerprint density at radius 2 is 1.73 bits per heavy atom. The van der Waals surface area contributed by atoms with Crippen molar-refractivity contribution in [2.45, 2.75) is 18.2 Å². The summed E-state index contributed by atoms with van der Waals surface area (Å²) < 4.78 is 32.8. The van der Waals surface area contributed by atoms with E-state index in [0.717, 1.165) is 12.0 Å². The average Bonchev–Trinajstić information content (AvgIpc) is 2.75. The highest BCUT2D eigenvalue weighted by molar-refractivity contribution is 7.92. The molecule has 6 nitrogen and oxygen atoms in total. The maximum absolute atomic E-state index is 12.8. The quantitative estimate of drug-likeness (QED) is 0.539. The van der Waals surface area contributed by atoms with Crippen molar-refractivity contribution < 1.29 is 17.9 Å². The number of para-hydroxylation sites is 1. The van der Waals surface area contributed by atoms with Crippen LogP contribution in [0.3, 0.4) is 0 Å². The van der Waals surface area contributed by atoms with Gasteiger partial charge in [-0.15, -0.1) is 0 Å². The van der Waals surface area contributed by atoms with Crippen molar-refractivity contribution in [3.05, 3.63) is 82.9 Å². The van der Waals surface area contributed by atoms with Crippen LogP contribution in [0.25, 0.3) is 0 Å². The number of carbonyl (C=O) groups excluding carboxylic acids is 1. The lowest BCUT2D eigenvalue weighted by Gasteiger charge is -2.13. The van der Waals surface area contributed by atoms with E-state index in [1.165, 1.54) is 37.4 Å². The fraction of sp³-hybridized carbons (Fsp3) is 0.136. The second-order valence-corrected chi connectivity index (χ2v) is 8.53. The first-order valence-corrected chi connectivity index (χ1v) is 11.1. The average molecular weight is 445 g/mol. The van der Waals surface area contributed by atoms with Gasteiger partial charge in [-0.1, -0.05) is 36.7 Å². The molecule has 2 N–H and O–H groups in total. The molecule has 0 heterocycles. The van der Waals surface area contributed by atoms with Crippen molar-refractivity contribution in [3.8, 4) is 5.75 Å². The molecule has 0 aliphatic heterocycles. The molecule has 30 heavy (non-hydrogen) atoms. The Labute approximate surface area is 180 Å². The van der Waals surface area contributed by atoms with Gasteiger partial charge in [-0.05, 0) is 60.5 Å². The molecule has 0 saturated heterocycles. The lowest BCUT2D eigenvalue weighted by Crippen LogP contribution is -2.16. The minimum atomic E-state index is -3.84.